The summed E-state index contributed by atoms with van der Waals surface area (Å²) in [5.41, 5.74) is 0. The van der Waals surface area contributed by atoms with Gasteiger partial charge in [-0.1, -0.05) is 0 Å². The highest BCUT2D eigenvalue weighted by Gasteiger charge is 2.33. The summed E-state index contributed by atoms with van der Waals surface area (Å²) < 4.78 is 28.1. The van der Waals surface area contributed by atoms with E-state index in [0.29, 0.717) is 13.0 Å². The smallest absolute Gasteiger partial charge is 0.210 e. The zero-order valence-corrected chi connectivity index (χ0v) is 9.99. The number of carbonyl (C=O) groups excluding carboxylic acids is 1. The van der Waals surface area contributed by atoms with Crippen LogP contribution in [-0.4, -0.2) is 56.5 Å². The molecular weight excluding hydrogens is 230 g/mol. The molecule has 2 rings (SSSR count). The number of hydrogen-bond donors (Lipinski definition) is 0. The maximum Gasteiger partial charge on any atom is 0.210 e. The number of hydrogen-bond acceptors (Lipinski definition) is 4. The first-order chi connectivity index (χ1) is 7.61. The fourth-order valence-corrected chi connectivity index (χ4v) is 4.08. The van der Waals surface area contributed by atoms with Gasteiger partial charge < -0.3 is 9.64 Å². The molecule has 1 amide bonds. The highest BCUT2D eigenvalue weighted by Crippen LogP contribution is 2.19. The van der Waals surface area contributed by atoms with E-state index in [4.69, 9.17) is 4.74 Å². The summed E-state index contributed by atoms with van der Waals surface area (Å²) in [7, 11) is -2.93. The van der Waals surface area contributed by atoms with E-state index in [-0.39, 0.29) is 23.7 Å². The maximum atomic E-state index is 11.3. The fraction of sp³-hybridized carbons (Fsp3) is 0.900. The van der Waals surface area contributed by atoms with Gasteiger partial charge in [0.1, 0.15) is 0 Å². The van der Waals surface area contributed by atoms with Crippen LogP contribution in [0.1, 0.15) is 19.3 Å². The molecule has 0 bridgehead atoms. The van der Waals surface area contributed by atoms with Crippen LogP contribution in [0.5, 0.6) is 0 Å². The van der Waals surface area contributed by atoms with E-state index < -0.39 is 9.84 Å². The highest BCUT2D eigenvalue weighted by atomic mass is 32.2. The van der Waals surface area contributed by atoms with Crippen molar-refractivity contribution in [2.24, 2.45) is 0 Å². The first-order valence-electron chi connectivity index (χ1n) is 5.64. The van der Waals surface area contributed by atoms with Gasteiger partial charge in [-0.25, -0.2) is 8.42 Å². The highest BCUT2D eigenvalue weighted by molar-refractivity contribution is 7.91. The van der Waals surface area contributed by atoms with E-state index in [1.807, 2.05) is 0 Å². The van der Waals surface area contributed by atoms with Crippen LogP contribution in [0.2, 0.25) is 0 Å². The third-order valence-electron chi connectivity index (χ3n) is 3.25. The van der Waals surface area contributed by atoms with Crippen LogP contribution in [0, 0.1) is 0 Å². The molecule has 0 saturated carbocycles. The van der Waals surface area contributed by atoms with Crippen molar-refractivity contribution in [1.29, 1.82) is 0 Å². The number of carbonyl (C=O) groups is 1. The average Bonchev–Trinajstić information content (AvgIpc) is 2.83. The predicted octanol–water partition coefficient (Wildman–Crippen LogP) is -0.189. The van der Waals surface area contributed by atoms with Gasteiger partial charge in [0, 0.05) is 19.2 Å². The van der Waals surface area contributed by atoms with Crippen molar-refractivity contribution < 1.29 is 17.9 Å². The number of nitrogens with zero attached hydrogens (tertiary/aromatic N) is 1. The van der Waals surface area contributed by atoms with Gasteiger partial charge in [-0.2, -0.15) is 0 Å². The zero-order valence-electron chi connectivity index (χ0n) is 9.17. The molecular formula is C10H17NO4S. The van der Waals surface area contributed by atoms with E-state index in [1.165, 1.54) is 0 Å². The summed E-state index contributed by atoms with van der Waals surface area (Å²) in [6.07, 6.45) is 3.40. The molecule has 5 nitrogen and oxygen atoms in total. The van der Waals surface area contributed by atoms with Crippen LogP contribution in [0.3, 0.4) is 0 Å². The predicted molar refractivity (Wildman–Crippen MR) is 58.8 cm³/mol. The third-order valence-corrected chi connectivity index (χ3v) is 5.00. The topological polar surface area (TPSA) is 63.7 Å². The number of ether oxygens (including phenoxy) is 1. The van der Waals surface area contributed by atoms with Crippen LogP contribution >= 0.6 is 0 Å². The largest absolute Gasteiger partial charge is 0.376 e. The van der Waals surface area contributed by atoms with Crippen LogP contribution < -0.4 is 0 Å². The molecule has 2 fully saturated rings. The van der Waals surface area contributed by atoms with E-state index in [1.54, 1.807) is 4.90 Å². The minimum atomic E-state index is -2.93. The first kappa shape index (κ1) is 11.9. The third kappa shape index (κ3) is 2.74. The van der Waals surface area contributed by atoms with Crippen LogP contribution in [0.4, 0.5) is 0 Å². The molecule has 2 aliphatic heterocycles. The van der Waals surface area contributed by atoms with Crippen LogP contribution in [0.15, 0.2) is 0 Å². The molecule has 2 atom stereocenters. The summed E-state index contributed by atoms with van der Waals surface area (Å²) in [6, 6.07) is -0.147. The number of sulfone groups is 1. The molecule has 2 saturated heterocycles. The Kier molecular flexibility index (Phi) is 3.49. The quantitative estimate of drug-likeness (QED) is 0.646. The Labute approximate surface area is 95.7 Å². The van der Waals surface area contributed by atoms with Gasteiger partial charge in [-0.15, -0.1) is 0 Å². The Morgan fingerprint density at radius 3 is 2.69 bits per heavy atom. The Hall–Kier alpha value is -0.620. The van der Waals surface area contributed by atoms with Gasteiger partial charge >= 0.3 is 0 Å². The molecule has 0 aromatic heterocycles. The summed E-state index contributed by atoms with van der Waals surface area (Å²) in [5, 5.41) is 0. The van der Waals surface area contributed by atoms with Gasteiger partial charge in [0.05, 0.1) is 17.6 Å². The van der Waals surface area contributed by atoms with Crippen LogP contribution in [-0.2, 0) is 19.4 Å². The second kappa shape index (κ2) is 4.71. The molecule has 2 aliphatic rings. The lowest BCUT2D eigenvalue weighted by molar-refractivity contribution is -0.121. The number of rotatable bonds is 4. The fourth-order valence-electron chi connectivity index (χ4n) is 2.34. The standard InChI is InChI=1S/C10H17NO4S/c12-8-11(6-10-2-1-4-15-10)9-3-5-16(13,14)7-9/h8-10H,1-7H2/t9-,10+/m1/s1. The van der Waals surface area contributed by atoms with Gasteiger partial charge in [0.25, 0.3) is 0 Å². The minimum Gasteiger partial charge on any atom is -0.376 e. The Morgan fingerprint density at radius 1 is 1.38 bits per heavy atom. The summed E-state index contributed by atoms with van der Waals surface area (Å²) in [5.74, 6) is 0.311. The van der Waals surface area contributed by atoms with Crippen molar-refractivity contribution in [3.63, 3.8) is 0 Å². The second-order valence-electron chi connectivity index (χ2n) is 4.49. The Morgan fingerprint density at radius 2 is 2.19 bits per heavy atom. The molecule has 92 valence electrons. The van der Waals surface area contributed by atoms with Crippen LogP contribution in [0.25, 0.3) is 0 Å². The minimum absolute atomic E-state index is 0.0912. The lowest BCUT2D eigenvalue weighted by Gasteiger charge is -2.26. The van der Waals surface area contributed by atoms with Gasteiger partial charge in [0.2, 0.25) is 6.41 Å². The van der Waals surface area contributed by atoms with Crippen molar-refractivity contribution in [3.05, 3.63) is 0 Å². The SMILES string of the molecule is O=CN(C[C@@H]1CCCO1)[C@@H]1CCS(=O)(=O)C1. The first-order valence-corrected chi connectivity index (χ1v) is 7.46. The molecule has 0 aliphatic carbocycles. The summed E-state index contributed by atoms with van der Waals surface area (Å²) in [4.78, 5) is 12.6. The normalized spacial score (nSPS) is 32.8. The van der Waals surface area contributed by atoms with Crippen molar-refractivity contribution in [1.82, 2.24) is 4.90 Å². The van der Waals surface area contributed by atoms with Gasteiger partial charge in [-0.05, 0) is 19.3 Å². The monoisotopic (exact) mass is 247 g/mol. The lowest BCUT2D eigenvalue weighted by atomic mass is 10.2. The zero-order chi connectivity index (χ0) is 11.6. The molecule has 0 unspecified atom stereocenters. The van der Waals surface area contributed by atoms with Crippen molar-refractivity contribution in [2.75, 3.05) is 24.7 Å². The second-order valence-corrected chi connectivity index (χ2v) is 6.72. The molecule has 0 radical (unpaired) electrons. The summed E-state index contributed by atoms with van der Waals surface area (Å²) in [6.45, 7) is 1.28. The Bertz CT molecular complexity index is 348. The average molecular weight is 247 g/mol. The maximum absolute atomic E-state index is 11.3. The van der Waals surface area contributed by atoms with E-state index in [9.17, 15) is 13.2 Å². The van der Waals surface area contributed by atoms with Crippen molar-refractivity contribution >= 4 is 16.2 Å². The molecule has 6 heteroatoms. The summed E-state index contributed by atoms with van der Waals surface area (Å²) >= 11 is 0. The van der Waals surface area contributed by atoms with Gasteiger partial charge in [-0.3, -0.25) is 4.79 Å². The Balaban J connectivity index is 1.92. The molecule has 0 aromatic carbocycles. The molecule has 0 aromatic rings. The molecule has 0 N–H and O–H groups in total. The van der Waals surface area contributed by atoms with E-state index >= 15 is 0 Å². The number of amides is 1. The molecule has 2 heterocycles. The lowest BCUT2D eigenvalue weighted by Crippen LogP contribution is -2.40. The van der Waals surface area contributed by atoms with E-state index in [2.05, 4.69) is 0 Å². The molecule has 0 spiro atoms. The van der Waals surface area contributed by atoms with Gasteiger partial charge in [0.15, 0.2) is 9.84 Å². The van der Waals surface area contributed by atoms with Crippen molar-refractivity contribution in [2.45, 2.75) is 31.4 Å². The molecule has 16 heavy (non-hydrogen) atoms. The van der Waals surface area contributed by atoms with E-state index in [0.717, 1.165) is 25.9 Å². The van der Waals surface area contributed by atoms with Crippen molar-refractivity contribution in [3.8, 4) is 0 Å².